The van der Waals surface area contributed by atoms with Crippen molar-refractivity contribution in [2.45, 2.75) is 39.8 Å². The van der Waals surface area contributed by atoms with Crippen molar-refractivity contribution in [2.24, 2.45) is 0 Å². The molecule has 1 unspecified atom stereocenters. The summed E-state index contributed by atoms with van der Waals surface area (Å²) in [6.45, 7) is 9.57. The van der Waals surface area contributed by atoms with Gasteiger partial charge in [0.2, 0.25) is 0 Å². The van der Waals surface area contributed by atoms with Crippen molar-refractivity contribution in [2.75, 3.05) is 13.1 Å². The van der Waals surface area contributed by atoms with Crippen LogP contribution >= 0.6 is 15.9 Å². The Morgan fingerprint density at radius 3 is 2.82 bits per heavy atom. The molecule has 17 heavy (non-hydrogen) atoms. The third kappa shape index (κ3) is 5.66. The second-order valence-corrected chi connectivity index (χ2v) is 5.44. The van der Waals surface area contributed by atoms with E-state index in [0.29, 0.717) is 6.04 Å². The largest absolute Gasteiger partial charge is 0.315 e. The van der Waals surface area contributed by atoms with E-state index in [1.807, 2.05) is 0 Å². The first-order chi connectivity index (χ1) is 8.13. The van der Waals surface area contributed by atoms with Crippen molar-refractivity contribution in [1.82, 2.24) is 10.6 Å². The van der Waals surface area contributed by atoms with E-state index in [-0.39, 0.29) is 0 Å². The van der Waals surface area contributed by atoms with E-state index in [4.69, 9.17) is 0 Å². The minimum atomic E-state index is 0.494. The molecule has 1 atom stereocenters. The van der Waals surface area contributed by atoms with Crippen LogP contribution < -0.4 is 10.6 Å². The molecule has 0 aliphatic carbocycles. The third-order valence-electron chi connectivity index (χ3n) is 2.72. The predicted octanol–water partition coefficient (Wildman–Crippen LogP) is 3.24. The van der Waals surface area contributed by atoms with E-state index >= 15 is 0 Å². The van der Waals surface area contributed by atoms with Crippen molar-refractivity contribution in [3.8, 4) is 0 Å². The molecule has 0 amide bonds. The summed E-state index contributed by atoms with van der Waals surface area (Å²) in [4.78, 5) is 0. The second-order valence-electron chi connectivity index (χ2n) is 4.58. The van der Waals surface area contributed by atoms with Gasteiger partial charge in [-0.15, -0.1) is 0 Å². The van der Waals surface area contributed by atoms with Crippen molar-refractivity contribution in [3.63, 3.8) is 0 Å². The molecule has 0 spiro atoms. The van der Waals surface area contributed by atoms with E-state index < -0.39 is 0 Å². The van der Waals surface area contributed by atoms with Crippen molar-refractivity contribution in [3.05, 3.63) is 33.8 Å². The summed E-state index contributed by atoms with van der Waals surface area (Å²) in [5, 5.41) is 6.96. The third-order valence-corrected chi connectivity index (χ3v) is 3.49. The lowest BCUT2D eigenvalue weighted by Crippen LogP contribution is -2.36. The van der Waals surface area contributed by atoms with E-state index in [1.54, 1.807) is 0 Å². The fraction of sp³-hybridized carbons (Fsp3) is 0.571. The van der Waals surface area contributed by atoms with Gasteiger partial charge in [-0.05, 0) is 38.4 Å². The van der Waals surface area contributed by atoms with Crippen LogP contribution in [-0.2, 0) is 6.54 Å². The predicted molar refractivity (Wildman–Crippen MR) is 78.3 cm³/mol. The Kier molecular flexibility index (Phi) is 6.78. The van der Waals surface area contributed by atoms with Crippen LogP contribution in [0.1, 0.15) is 31.4 Å². The van der Waals surface area contributed by atoms with Crippen molar-refractivity contribution < 1.29 is 0 Å². The highest BCUT2D eigenvalue weighted by molar-refractivity contribution is 9.10. The van der Waals surface area contributed by atoms with Gasteiger partial charge in [0.1, 0.15) is 0 Å². The summed E-state index contributed by atoms with van der Waals surface area (Å²) in [7, 11) is 0. The first-order valence-corrected chi connectivity index (χ1v) is 7.12. The first-order valence-electron chi connectivity index (χ1n) is 6.32. The van der Waals surface area contributed by atoms with E-state index in [9.17, 15) is 0 Å². The molecule has 2 nitrogen and oxygen atoms in total. The maximum absolute atomic E-state index is 3.59. The average Bonchev–Trinajstić information content (AvgIpc) is 2.31. The summed E-state index contributed by atoms with van der Waals surface area (Å²) in [6.07, 6.45) is 1.19. The topological polar surface area (TPSA) is 24.1 Å². The molecule has 0 radical (unpaired) electrons. The molecule has 2 N–H and O–H groups in total. The molecule has 0 aromatic heterocycles. The van der Waals surface area contributed by atoms with E-state index in [1.165, 1.54) is 22.0 Å². The maximum atomic E-state index is 3.59. The lowest BCUT2D eigenvalue weighted by molar-refractivity contribution is 0.501. The molecule has 1 aromatic carbocycles. The van der Waals surface area contributed by atoms with Gasteiger partial charge in [0.15, 0.2) is 0 Å². The highest BCUT2D eigenvalue weighted by Gasteiger charge is 2.03. The first kappa shape index (κ1) is 14.7. The lowest BCUT2D eigenvalue weighted by Gasteiger charge is -2.15. The van der Waals surface area contributed by atoms with Crippen LogP contribution in [0.25, 0.3) is 0 Å². The molecule has 0 aliphatic rings. The summed E-state index contributed by atoms with van der Waals surface area (Å²) < 4.78 is 1.18. The minimum absolute atomic E-state index is 0.494. The summed E-state index contributed by atoms with van der Waals surface area (Å²) >= 11 is 3.59. The molecule has 0 saturated heterocycles. The molecular weight excluding hydrogens is 276 g/mol. The highest BCUT2D eigenvalue weighted by atomic mass is 79.9. The molecule has 1 rings (SSSR count). The fourth-order valence-electron chi connectivity index (χ4n) is 1.69. The van der Waals surface area contributed by atoms with Crippen LogP contribution in [0, 0.1) is 6.92 Å². The molecule has 0 fully saturated rings. The van der Waals surface area contributed by atoms with Crippen LogP contribution in [0.5, 0.6) is 0 Å². The van der Waals surface area contributed by atoms with Gasteiger partial charge >= 0.3 is 0 Å². The second kappa shape index (κ2) is 7.85. The van der Waals surface area contributed by atoms with Gasteiger partial charge < -0.3 is 10.6 Å². The normalized spacial score (nSPS) is 12.7. The van der Waals surface area contributed by atoms with Crippen LogP contribution in [0.2, 0.25) is 0 Å². The summed E-state index contributed by atoms with van der Waals surface area (Å²) in [5.74, 6) is 0. The van der Waals surface area contributed by atoms with Gasteiger partial charge in [-0.1, -0.05) is 40.5 Å². The number of benzene rings is 1. The van der Waals surface area contributed by atoms with E-state index in [0.717, 1.165) is 19.6 Å². The molecule has 0 aliphatic heterocycles. The van der Waals surface area contributed by atoms with Crippen LogP contribution in [0.3, 0.4) is 0 Å². The molecule has 0 bridgehead atoms. The fourth-order valence-corrected chi connectivity index (χ4v) is 2.08. The maximum Gasteiger partial charge on any atom is 0.0220 e. The Balaban J connectivity index is 2.36. The minimum Gasteiger partial charge on any atom is -0.315 e. The highest BCUT2D eigenvalue weighted by Crippen LogP contribution is 2.17. The average molecular weight is 299 g/mol. The van der Waals surface area contributed by atoms with Crippen LogP contribution in [0.15, 0.2) is 22.7 Å². The molecule has 3 heteroatoms. The number of nitrogens with one attached hydrogen (secondary N) is 2. The Hall–Kier alpha value is -0.380. The van der Waals surface area contributed by atoms with Gasteiger partial charge in [0.25, 0.3) is 0 Å². The quantitative estimate of drug-likeness (QED) is 0.755. The molecular formula is C14H23BrN2. The van der Waals surface area contributed by atoms with Crippen molar-refractivity contribution >= 4 is 15.9 Å². The molecule has 1 aromatic rings. The Morgan fingerprint density at radius 1 is 1.35 bits per heavy atom. The Bertz CT molecular complexity index is 339. The molecule has 0 saturated carbocycles. The van der Waals surface area contributed by atoms with Gasteiger partial charge in [0.05, 0.1) is 0 Å². The SMILES string of the molecule is CCCNCC(C)NCc1cc(C)ccc1Br. The summed E-state index contributed by atoms with van der Waals surface area (Å²) in [6, 6.07) is 6.96. The van der Waals surface area contributed by atoms with Gasteiger partial charge in [-0.2, -0.15) is 0 Å². The Labute approximate surface area is 113 Å². The smallest absolute Gasteiger partial charge is 0.0220 e. The summed E-state index contributed by atoms with van der Waals surface area (Å²) in [5.41, 5.74) is 2.63. The van der Waals surface area contributed by atoms with Crippen LogP contribution in [0.4, 0.5) is 0 Å². The number of hydrogen-bond donors (Lipinski definition) is 2. The van der Waals surface area contributed by atoms with Crippen LogP contribution in [-0.4, -0.2) is 19.1 Å². The molecule has 0 heterocycles. The standard InChI is InChI=1S/C14H23BrN2/c1-4-7-16-9-12(3)17-10-13-8-11(2)5-6-14(13)15/h5-6,8,12,16-17H,4,7,9-10H2,1-3H3. The number of halogens is 1. The van der Waals surface area contributed by atoms with Gasteiger partial charge in [-0.3, -0.25) is 0 Å². The Morgan fingerprint density at radius 2 is 2.12 bits per heavy atom. The lowest BCUT2D eigenvalue weighted by atomic mass is 10.1. The number of aryl methyl sites for hydroxylation is 1. The van der Waals surface area contributed by atoms with E-state index in [2.05, 4.69) is 65.5 Å². The monoisotopic (exact) mass is 298 g/mol. The zero-order valence-electron chi connectivity index (χ0n) is 11.0. The molecule has 96 valence electrons. The number of rotatable bonds is 7. The van der Waals surface area contributed by atoms with Gasteiger partial charge in [0, 0.05) is 23.6 Å². The zero-order valence-corrected chi connectivity index (χ0v) is 12.6. The number of hydrogen-bond acceptors (Lipinski definition) is 2. The zero-order chi connectivity index (χ0) is 12.7. The van der Waals surface area contributed by atoms with Crippen molar-refractivity contribution in [1.29, 1.82) is 0 Å². The van der Waals surface area contributed by atoms with Gasteiger partial charge in [-0.25, -0.2) is 0 Å².